The van der Waals surface area contributed by atoms with Crippen LogP contribution in [0.15, 0.2) is 18.2 Å². The first-order valence-electron chi connectivity index (χ1n) is 5.23. The number of ether oxygens (including phenoxy) is 1. The normalized spacial score (nSPS) is 12.1. The number of aliphatic hydroxyl groups excluding tert-OH is 1. The molecule has 17 heavy (non-hydrogen) atoms. The molecule has 1 unspecified atom stereocenters. The van der Waals surface area contributed by atoms with Crippen molar-refractivity contribution in [2.24, 2.45) is 0 Å². The zero-order valence-corrected chi connectivity index (χ0v) is 9.61. The molecule has 2 N–H and O–H groups in total. The minimum Gasteiger partial charge on any atom is -0.389 e. The zero-order chi connectivity index (χ0) is 12.7. The minimum atomic E-state index is -0.594. The summed E-state index contributed by atoms with van der Waals surface area (Å²) in [6, 6.07) is 6.04. The van der Waals surface area contributed by atoms with Crippen molar-refractivity contribution in [1.82, 2.24) is 5.32 Å². The van der Waals surface area contributed by atoms with Gasteiger partial charge in [0.15, 0.2) is 0 Å². The maximum absolute atomic E-state index is 13.1. The molecule has 5 heteroatoms. The number of aliphatic hydroxyl groups is 1. The van der Waals surface area contributed by atoms with Gasteiger partial charge in [-0.15, -0.1) is 0 Å². The average Bonchev–Trinajstić information content (AvgIpc) is 2.28. The summed E-state index contributed by atoms with van der Waals surface area (Å²) in [5, 5.41) is 21.0. The third kappa shape index (κ3) is 4.91. The lowest BCUT2D eigenvalue weighted by molar-refractivity contribution is 0.0644. The predicted octanol–water partition coefficient (Wildman–Crippen LogP) is 0.794. The Labute approximate surface area is 99.6 Å². The van der Waals surface area contributed by atoms with E-state index < -0.39 is 11.9 Å². The fourth-order valence-electron chi connectivity index (χ4n) is 1.45. The molecule has 0 aliphatic heterocycles. The van der Waals surface area contributed by atoms with E-state index >= 15 is 0 Å². The maximum atomic E-state index is 13.1. The third-order valence-electron chi connectivity index (χ3n) is 2.15. The molecule has 1 rings (SSSR count). The van der Waals surface area contributed by atoms with Gasteiger partial charge in [0.1, 0.15) is 5.82 Å². The van der Waals surface area contributed by atoms with Crippen LogP contribution < -0.4 is 5.32 Å². The third-order valence-corrected chi connectivity index (χ3v) is 2.15. The van der Waals surface area contributed by atoms with Crippen LogP contribution in [0, 0.1) is 17.1 Å². The van der Waals surface area contributed by atoms with Gasteiger partial charge in [-0.05, 0) is 23.8 Å². The summed E-state index contributed by atoms with van der Waals surface area (Å²) < 4.78 is 17.8. The Kier molecular flexibility index (Phi) is 5.57. The molecule has 0 heterocycles. The number of benzene rings is 1. The van der Waals surface area contributed by atoms with E-state index in [9.17, 15) is 9.50 Å². The molecule has 0 saturated carbocycles. The number of hydrogen-bond donors (Lipinski definition) is 2. The van der Waals surface area contributed by atoms with Crippen LogP contribution in [0.5, 0.6) is 0 Å². The zero-order valence-electron chi connectivity index (χ0n) is 9.61. The number of nitrogens with zero attached hydrogens (tertiary/aromatic N) is 1. The highest BCUT2D eigenvalue weighted by atomic mass is 19.1. The fraction of sp³-hybridized carbons (Fsp3) is 0.417. The van der Waals surface area contributed by atoms with Gasteiger partial charge in [0.05, 0.1) is 24.3 Å². The van der Waals surface area contributed by atoms with Gasteiger partial charge in [-0.1, -0.05) is 0 Å². The second-order valence-electron chi connectivity index (χ2n) is 3.70. The molecule has 0 aliphatic rings. The maximum Gasteiger partial charge on any atom is 0.124 e. The van der Waals surface area contributed by atoms with E-state index in [1.165, 1.54) is 19.2 Å². The van der Waals surface area contributed by atoms with Crippen LogP contribution in [0.2, 0.25) is 0 Å². The number of nitriles is 1. The standard InChI is InChI=1S/C12H15FN2O2/c1-17-8-12(16)7-15-6-10-2-9(5-14)3-11(13)4-10/h2-4,12,15-16H,6-8H2,1H3. The molecular weight excluding hydrogens is 223 g/mol. The molecule has 1 aromatic carbocycles. The Hall–Kier alpha value is -1.48. The summed E-state index contributed by atoms with van der Waals surface area (Å²) in [5.41, 5.74) is 0.963. The number of hydrogen-bond acceptors (Lipinski definition) is 4. The van der Waals surface area contributed by atoms with E-state index in [0.717, 1.165) is 0 Å². The van der Waals surface area contributed by atoms with Crippen LogP contribution in [-0.2, 0) is 11.3 Å². The van der Waals surface area contributed by atoms with E-state index in [2.05, 4.69) is 5.32 Å². The first kappa shape index (κ1) is 13.6. The van der Waals surface area contributed by atoms with Crippen LogP contribution >= 0.6 is 0 Å². The van der Waals surface area contributed by atoms with Crippen LogP contribution in [0.3, 0.4) is 0 Å². The van der Waals surface area contributed by atoms with Gasteiger partial charge in [-0.25, -0.2) is 4.39 Å². The van der Waals surface area contributed by atoms with Crippen molar-refractivity contribution >= 4 is 0 Å². The van der Waals surface area contributed by atoms with Gasteiger partial charge in [-0.3, -0.25) is 0 Å². The van der Waals surface area contributed by atoms with Gasteiger partial charge in [-0.2, -0.15) is 5.26 Å². The smallest absolute Gasteiger partial charge is 0.124 e. The molecular formula is C12H15FN2O2. The molecule has 0 spiro atoms. The Morgan fingerprint density at radius 3 is 2.94 bits per heavy atom. The van der Waals surface area contributed by atoms with Crippen LogP contribution in [-0.4, -0.2) is 31.5 Å². The largest absolute Gasteiger partial charge is 0.389 e. The molecule has 0 saturated heterocycles. The van der Waals surface area contributed by atoms with Gasteiger partial charge in [0.25, 0.3) is 0 Å². The first-order chi connectivity index (χ1) is 8.15. The fourth-order valence-corrected chi connectivity index (χ4v) is 1.45. The summed E-state index contributed by atoms with van der Waals surface area (Å²) in [5.74, 6) is -0.432. The Bertz CT molecular complexity index is 404. The van der Waals surface area contributed by atoms with E-state index in [0.29, 0.717) is 24.2 Å². The lowest BCUT2D eigenvalue weighted by Gasteiger charge is -2.10. The van der Waals surface area contributed by atoms with E-state index in [4.69, 9.17) is 10.00 Å². The summed E-state index contributed by atoms with van der Waals surface area (Å²) in [4.78, 5) is 0. The van der Waals surface area contributed by atoms with Crippen LogP contribution in [0.25, 0.3) is 0 Å². The predicted molar refractivity (Wildman–Crippen MR) is 60.7 cm³/mol. The van der Waals surface area contributed by atoms with Gasteiger partial charge in [0, 0.05) is 20.2 Å². The van der Waals surface area contributed by atoms with Crippen molar-refractivity contribution in [2.75, 3.05) is 20.3 Å². The van der Waals surface area contributed by atoms with Crippen molar-refractivity contribution in [3.63, 3.8) is 0 Å². The molecule has 0 amide bonds. The number of halogens is 1. The molecule has 1 atom stereocenters. The van der Waals surface area contributed by atoms with E-state index in [1.54, 1.807) is 6.07 Å². The van der Waals surface area contributed by atoms with Crippen molar-refractivity contribution in [1.29, 1.82) is 5.26 Å². The average molecular weight is 238 g/mol. The number of nitrogens with one attached hydrogen (secondary N) is 1. The highest BCUT2D eigenvalue weighted by Gasteiger charge is 2.04. The first-order valence-corrected chi connectivity index (χ1v) is 5.23. The van der Waals surface area contributed by atoms with Crippen molar-refractivity contribution in [2.45, 2.75) is 12.6 Å². The minimum absolute atomic E-state index is 0.250. The monoisotopic (exact) mass is 238 g/mol. The summed E-state index contributed by atoms with van der Waals surface area (Å²) in [7, 11) is 1.51. The molecule has 0 fully saturated rings. The highest BCUT2D eigenvalue weighted by Crippen LogP contribution is 2.08. The van der Waals surface area contributed by atoms with Gasteiger partial charge >= 0.3 is 0 Å². The SMILES string of the molecule is COCC(O)CNCc1cc(F)cc(C#N)c1. The summed E-state index contributed by atoms with van der Waals surface area (Å²) in [6.45, 7) is 0.999. The van der Waals surface area contributed by atoms with Gasteiger partial charge < -0.3 is 15.2 Å². The van der Waals surface area contributed by atoms with E-state index in [-0.39, 0.29) is 6.61 Å². The molecule has 92 valence electrons. The van der Waals surface area contributed by atoms with Crippen molar-refractivity contribution in [3.05, 3.63) is 35.1 Å². The topological polar surface area (TPSA) is 65.3 Å². The summed E-state index contributed by atoms with van der Waals surface area (Å²) >= 11 is 0. The molecule has 0 aromatic heterocycles. The lowest BCUT2D eigenvalue weighted by atomic mass is 10.1. The molecule has 0 bridgehead atoms. The van der Waals surface area contributed by atoms with Crippen LogP contribution in [0.1, 0.15) is 11.1 Å². The molecule has 0 radical (unpaired) electrons. The van der Waals surface area contributed by atoms with E-state index in [1.807, 2.05) is 6.07 Å². The highest BCUT2D eigenvalue weighted by molar-refractivity contribution is 5.33. The Balaban J connectivity index is 2.47. The molecule has 0 aliphatic carbocycles. The number of methoxy groups -OCH3 is 1. The number of rotatable bonds is 6. The Morgan fingerprint density at radius 2 is 2.29 bits per heavy atom. The van der Waals surface area contributed by atoms with Crippen LogP contribution in [0.4, 0.5) is 4.39 Å². The molecule has 4 nitrogen and oxygen atoms in total. The Morgan fingerprint density at radius 1 is 1.53 bits per heavy atom. The second kappa shape index (κ2) is 6.97. The molecule has 1 aromatic rings. The van der Waals surface area contributed by atoms with Gasteiger partial charge in [0.2, 0.25) is 0 Å². The van der Waals surface area contributed by atoms with Crippen molar-refractivity contribution < 1.29 is 14.2 Å². The van der Waals surface area contributed by atoms with Crippen molar-refractivity contribution in [3.8, 4) is 6.07 Å². The summed E-state index contributed by atoms with van der Waals surface area (Å²) in [6.07, 6.45) is -0.594. The quantitative estimate of drug-likeness (QED) is 0.769. The second-order valence-corrected chi connectivity index (χ2v) is 3.70. The lowest BCUT2D eigenvalue weighted by Crippen LogP contribution is -2.29.